The second-order valence-electron chi connectivity index (χ2n) is 2.48. The van der Waals surface area contributed by atoms with E-state index in [9.17, 15) is 4.79 Å². The van der Waals surface area contributed by atoms with E-state index in [-0.39, 0.29) is 11.9 Å². The van der Waals surface area contributed by atoms with E-state index in [0.717, 1.165) is 24.6 Å². The molecule has 0 bridgehead atoms. The molecule has 1 fully saturated rings. The Hall–Kier alpha value is -0.0500. The third-order valence-electron chi connectivity index (χ3n) is 1.73. The number of hydrogen-bond donors (Lipinski definition) is 0. The molecular weight excluding hydrogens is 196 g/mol. The van der Waals surface area contributed by atoms with Gasteiger partial charge in [0.05, 0.1) is 12.5 Å². The molecule has 1 aliphatic heterocycles. The number of carbonyl (C=O) groups excluding carboxylic acids is 1. The van der Waals surface area contributed by atoms with Crippen molar-refractivity contribution in [3.8, 4) is 0 Å². The van der Waals surface area contributed by atoms with Gasteiger partial charge < -0.3 is 4.74 Å². The molecule has 1 unspecified atom stereocenters. The van der Waals surface area contributed by atoms with Crippen molar-refractivity contribution in [2.24, 2.45) is 5.92 Å². The Morgan fingerprint density at radius 1 is 1.70 bits per heavy atom. The van der Waals surface area contributed by atoms with Crippen LogP contribution in [-0.4, -0.2) is 17.9 Å². The highest BCUT2D eigenvalue weighted by Gasteiger charge is 2.25. The molecule has 3 heteroatoms. The van der Waals surface area contributed by atoms with Crippen molar-refractivity contribution in [1.82, 2.24) is 0 Å². The minimum absolute atomic E-state index is 0.000880. The summed E-state index contributed by atoms with van der Waals surface area (Å²) in [7, 11) is 0. The SMILES string of the molecule is O=C1OCCC1CCCBr. The number of rotatable bonds is 3. The fourth-order valence-corrected chi connectivity index (χ4v) is 1.45. The molecule has 1 atom stereocenters. The Balaban J connectivity index is 2.20. The van der Waals surface area contributed by atoms with Gasteiger partial charge in [-0.3, -0.25) is 4.79 Å². The number of halogens is 1. The molecule has 0 aromatic carbocycles. The van der Waals surface area contributed by atoms with Crippen LogP contribution in [0, 0.1) is 5.92 Å². The number of hydrogen-bond acceptors (Lipinski definition) is 2. The molecule has 0 radical (unpaired) electrons. The van der Waals surface area contributed by atoms with E-state index in [1.165, 1.54) is 0 Å². The molecule has 0 aromatic heterocycles. The van der Waals surface area contributed by atoms with Crippen LogP contribution in [0.25, 0.3) is 0 Å². The fraction of sp³-hybridized carbons (Fsp3) is 0.857. The van der Waals surface area contributed by atoms with Gasteiger partial charge in [-0.05, 0) is 19.3 Å². The minimum atomic E-state index is 0.000880. The molecule has 2 nitrogen and oxygen atoms in total. The highest BCUT2D eigenvalue weighted by molar-refractivity contribution is 9.09. The molecule has 1 aliphatic rings. The monoisotopic (exact) mass is 206 g/mol. The third kappa shape index (κ3) is 1.97. The van der Waals surface area contributed by atoms with Crippen molar-refractivity contribution in [1.29, 1.82) is 0 Å². The van der Waals surface area contributed by atoms with Gasteiger partial charge in [-0.1, -0.05) is 15.9 Å². The predicted octanol–water partition coefficient (Wildman–Crippen LogP) is 1.72. The second kappa shape index (κ2) is 3.96. The first kappa shape index (κ1) is 8.05. The first-order valence-corrected chi connectivity index (χ1v) is 4.69. The molecular formula is C7H11BrO2. The van der Waals surface area contributed by atoms with E-state index < -0.39 is 0 Å². The summed E-state index contributed by atoms with van der Waals surface area (Å²) in [6, 6.07) is 0. The molecule has 58 valence electrons. The second-order valence-corrected chi connectivity index (χ2v) is 3.28. The third-order valence-corrected chi connectivity index (χ3v) is 2.29. The molecule has 10 heavy (non-hydrogen) atoms. The van der Waals surface area contributed by atoms with E-state index >= 15 is 0 Å². The van der Waals surface area contributed by atoms with Crippen molar-refractivity contribution >= 4 is 21.9 Å². The smallest absolute Gasteiger partial charge is 0.309 e. The quantitative estimate of drug-likeness (QED) is 0.520. The average Bonchev–Trinajstić information content (AvgIpc) is 2.31. The number of carbonyl (C=O) groups is 1. The van der Waals surface area contributed by atoms with Gasteiger partial charge in [0.1, 0.15) is 0 Å². The van der Waals surface area contributed by atoms with Gasteiger partial charge in [-0.2, -0.15) is 0 Å². The molecule has 1 saturated heterocycles. The Morgan fingerprint density at radius 3 is 3.00 bits per heavy atom. The van der Waals surface area contributed by atoms with Crippen molar-refractivity contribution in [3.05, 3.63) is 0 Å². The van der Waals surface area contributed by atoms with Gasteiger partial charge in [-0.15, -0.1) is 0 Å². The van der Waals surface area contributed by atoms with Gasteiger partial charge >= 0.3 is 5.97 Å². The van der Waals surface area contributed by atoms with E-state index in [4.69, 9.17) is 4.74 Å². The first-order chi connectivity index (χ1) is 4.84. The van der Waals surface area contributed by atoms with Crippen LogP contribution in [0.3, 0.4) is 0 Å². The Kier molecular flexibility index (Phi) is 3.19. The lowest BCUT2D eigenvalue weighted by Gasteiger charge is -2.00. The van der Waals surface area contributed by atoms with Gasteiger partial charge in [-0.25, -0.2) is 0 Å². The van der Waals surface area contributed by atoms with Crippen LogP contribution in [0.5, 0.6) is 0 Å². The van der Waals surface area contributed by atoms with Crippen LogP contribution < -0.4 is 0 Å². The van der Waals surface area contributed by atoms with Crippen LogP contribution in [0.15, 0.2) is 0 Å². The number of esters is 1. The standard InChI is InChI=1S/C7H11BrO2/c8-4-1-2-6-3-5-10-7(6)9/h6H,1-5H2. The first-order valence-electron chi connectivity index (χ1n) is 3.57. The lowest BCUT2D eigenvalue weighted by molar-refractivity contribution is -0.141. The Labute approximate surface area is 69.1 Å². The summed E-state index contributed by atoms with van der Waals surface area (Å²) in [6.45, 7) is 0.631. The molecule has 1 heterocycles. The summed E-state index contributed by atoms with van der Waals surface area (Å²) in [5.74, 6) is 0.193. The maximum Gasteiger partial charge on any atom is 0.309 e. The lowest BCUT2D eigenvalue weighted by atomic mass is 10.0. The molecule has 1 rings (SSSR count). The Morgan fingerprint density at radius 2 is 2.50 bits per heavy atom. The fourth-order valence-electron chi connectivity index (χ4n) is 1.12. The molecule has 0 spiro atoms. The molecule has 0 amide bonds. The predicted molar refractivity (Wildman–Crippen MR) is 42.1 cm³/mol. The van der Waals surface area contributed by atoms with Gasteiger partial charge in [0.25, 0.3) is 0 Å². The van der Waals surface area contributed by atoms with Crippen LogP contribution in [0.1, 0.15) is 19.3 Å². The van der Waals surface area contributed by atoms with Crippen LogP contribution in [0.2, 0.25) is 0 Å². The number of cyclic esters (lactones) is 1. The zero-order valence-corrected chi connectivity index (χ0v) is 7.39. The van der Waals surface area contributed by atoms with Crippen LogP contribution in [0.4, 0.5) is 0 Å². The van der Waals surface area contributed by atoms with Gasteiger partial charge in [0.15, 0.2) is 0 Å². The summed E-state index contributed by atoms with van der Waals surface area (Å²) in [5, 5.41) is 0.983. The molecule has 0 aliphatic carbocycles. The number of alkyl halides is 1. The summed E-state index contributed by atoms with van der Waals surface area (Å²) in [5.41, 5.74) is 0. The highest BCUT2D eigenvalue weighted by Crippen LogP contribution is 2.19. The van der Waals surface area contributed by atoms with Crippen molar-refractivity contribution in [2.75, 3.05) is 11.9 Å². The zero-order chi connectivity index (χ0) is 7.40. The van der Waals surface area contributed by atoms with Gasteiger partial charge in [0.2, 0.25) is 0 Å². The maximum absolute atomic E-state index is 10.8. The highest BCUT2D eigenvalue weighted by atomic mass is 79.9. The molecule has 0 N–H and O–H groups in total. The van der Waals surface area contributed by atoms with Gasteiger partial charge in [0, 0.05) is 5.33 Å². The molecule has 0 saturated carbocycles. The molecule has 0 aromatic rings. The van der Waals surface area contributed by atoms with E-state index in [0.29, 0.717) is 6.61 Å². The zero-order valence-electron chi connectivity index (χ0n) is 5.81. The topological polar surface area (TPSA) is 26.3 Å². The summed E-state index contributed by atoms with van der Waals surface area (Å²) in [6.07, 6.45) is 2.97. The lowest BCUT2D eigenvalue weighted by Crippen LogP contribution is -2.07. The normalized spacial score (nSPS) is 24.9. The Bertz CT molecular complexity index is 125. The van der Waals surface area contributed by atoms with E-state index in [1.807, 2.05) is 0 Å². The average molecular weight is 207 g/mol. The van der Waals surface area contributed by atoms with E-state index in [1.54, 1.807) is 0 Å². The summed E-state index contributed by atoms with van der Waals surface area (Å²) < 4.78 is 4.81. The number of ether oxygens (including phenoxy) is 1. The van der Waals surface area contributed by atoms with Crippen molar-refractivity contribution in [3.63, 3.8) is 0 Å². The maximum atomic E-state index is 10.8. The summed E-state index contributed by atoms with van der Waals surface area (Å²) in [4.78, 5) is 10.8. The minimum Gasteiger partial charge on any atom is -0.465 e. The van der Waals surface area contributed by atoms with Crippen LogP contribution in [-0.2, 0) is 9.53 Å². The van der Waals surface area contributed by atoms with Crippen molar-refractivity contribution in [2.45, 2.75) is 19.3 Å². The summed E-state index contributed by atoms with van der Waals surface area (Å²) >= 11 is 3.32. The van der Waals surface area contributed by atoms with Crippen molar-refractivity contribution < 1.29 is 9.53 Å². The largest absolute Gasteiger partial charge is 0.465 e. The van der Waals surface area contributed by atoms with Crippen LogP contribution >= 0.6 is 15.9 Å². The van der Waals surface area contributed by atoms with E-state index in [2.05, 4.69) is 15.9 Å².